The molecule has 2 aromatic carbocycles. The molecule has 0 atom stereocenters. The van der Waals surface area contributed by atoms with Crippen molar-refractivity contribution in [1.29, 1.82) is 0 Å². The molecular formula is C20H17F4NO4S. The Morgan fingerprint density at radius 1 is 1.03 bits per heavy atom. The lowest BCUT2D eigenvalue weighted by Gasteiger charge is -2.18. The summed E-state index contributed by atoms with van der Waals surface area (Å²) < 4.78 is 81.0. The number of fused-ring (bicyclic) bond motifs is 1. The Balaban J connectivity index is 2.33. The van der Waals surface area contributed by atoms with Gasteiger partial charge in [0.05, 0.1) is 5.69 Å². The van der Waals surface area contributed by atoms with E-state index in [1.54, 1.807) is 45.0 Å². The Bertz CT molecular complexity index is 1290. The number of aromatic nitrogens is 1. The maximum absolute atomic E-state index is 15.5. The zero-order valence-electron chi connectivity index (χ0n) is 16.1. The van der Waals surface area contributed by atoms with E-state index in [9.17, 15) is 26.4 Å². The highest BCUT2D eigenvalue weighted by Crippen LogP contribution is 2.33. The third kappa shape index (κ3) is 3.67. The molecule has 1 aromatic heterocycles. The quantitative estimate of drug-likeness (QED) is 0.252. The molecule has 3 aromatic rings. The Hall–Kier alpha value is -2.88. The fourth-order valence-electron chi connectivity index (χ4n) is 3.18. The van der Waals surface area contributed by atoms with Crippen molar-refractivity contribution in [2.45, 2.75) is 32.2 Å². The maximum Gasteiger partial charge on any atom is 0.534 e. The molecule has 0 aliphatic rings. The number of para-hydroxylation sites is 1. The summed E-state index contributed by atoms with van der Waals surface area (Å²) in [4.78, 5) is 13.0. The van der Waals surface area contributed by atoms with Gasteiger partial charge in [0.2, 0.25) is 5.95 Å². The fraction of sp³-hybridized carbons (Fsp3) is 0.250. The first-order valence-electron chi connectivity index (χ1n) is 8.80. The van der Waals surface area contributed by atoms with Crippen molar-refractivity contribution >= 4 is 20.9 Å². The first-order chi connectivity index (χ1) is 13.8. The maximum atomic E-state index is 15.5. The van der Waals surface area contributed by atoms with Gasteiger partial charge in [0, 0.05) is 10.9 Å². The summed E-state index contributed by atoms with van der Waals surface area (Å²) in [6, 6.07) is 9.64. The topological polar surface area (TPSA) is 65.4 Å². The summed E-state index contributed by atoms with van der Waals surface area (Å²) in [5.41, 5.74) is -5.34. The van der Waals surface area contributed by atoms with Crippen LogP contribution in [0.2, 0.25) is 0 Å². The second-order valence-electron chi connectivity index (χ2n) is 6.98. The van der Waals surface area contributed by atoms with Crippen LogP contribution in [0, 0.1) is 12.9 Å². The Labute approximate surface area is 169 Å². The van der Waals surface area contributed by atoms with Gasteiger partial charge in [0.1, 0.15) is 5.75 Å². The average molecular weight is 443 g/mol. The third-order valence-electron chi connectivity index (χ3n) is 4.56. The molecular weight excluding hydrogens is 426 g/mol. The zero-order valence-corrected chi connectivity index (χ0v) is 16.9. The molecule has 30 heavy (non-hydrogen) atoms. The number of hydrogen-bond donors (Lipinski definition) is 0. The summed E-state index contributed by atoms with van der Waals surface area (Å²) in [5.74, 6) is -2.03. The number of benzene rings is 2. The molecule has 0 bridgehead atoms. The van der Waals surface area contributed by atoms with Gasteiger partial charge in [-0.1, -0.05) is 32.0 Å². The molecule has 0 fully saturated rings. The third-order valence-corrected chi connectivity index (χ3v) is 5.54. The van der Waals surface area contributed by atoms with E-state index in [4.69, 9.17) is 0 Å². The minimum Gasteiger partial charge on any atom is -0.376 e. The number of alkyl halides is 3. The lowest BCUT2D eigenvalue weighted by atomic mass is 9.97. The lowest BCUT2D eigenvalue weighted by Crippen LogP contribution is -2.28. The van der Waals surface area contributed by atoms with Crippen molar-refractivity contribution in [1.82, 2.24) is 4.57 Å². The predicted octanol–water partition coefficient (Wildman–Crippen LogP) is 4.79. The second-order valence-corrected chi connectivity index (χ2v) is 8.51. The zero-order chi connectivity index (χ0) is 22.4. The van der Waals surface area contributed by atoms with Crippen LogP contribution in [0.3, 0.4) is 0 Å². The summed E-state index contributed by atoms with van der Waals surface area (Å²) in [7, 11) is -5.91. The van der Waals surface area contributed by atoms with Crippen molar-refractivity contribution in [2.24, 2.45) is 0 Å². The standard InChI is InChI=1S/C20H17F4NO4S/c1-11(2)17-15-10-13(29-30(27,28)20(22,23)24)8-9-14(15)19(26)25(18(17)21)16-7-5-4-6-12(16)3/h4-11H,1-3H3. The van der Waals surface area contributed by atoms with Crippen LogP contribution in [-0.2, 0) is 10.1 Å². The molecule has 160 valence electrons. The monoisotopic (exact) mass is 443 g/mol. The molecule has 3 rings (SSSR count). The van der Waals surface area contributed by atoms with Crippen LogP contribution in [0.1, 0.15) is 30.9 Å². The molecule has 0 spiro atoms. The number of halogens is 4. The van der Waals surface area contributed by atoms with Crippen molar-refractivity contribution < 1.29 is 30.2 Å². The van der Waals surface area contributed by atoms with Crippen LogP contribution in [0.15, 0.2) is 47.3 Å². The van der Waals surface area contributed by atoms with Crippen LogP contribution in [-0.4, -0.2) is 18.5 Å². The molecule has 10 heteroatoms. The minimum absolute atomic E-state index is 0.0140. The first kappa shape index (κ1) is 21.8. The van der Waals surface area contributed by atoms with Crippen molar-refractivity contribution in [3.05, 3.63) is 69.9 Å². The fourth-order valence-corrected chi connectivity index (χ4v) is 3.63. The van der Waals surface area contributed by atoms with Gasteiger partial charge in [-0.15, -0.1) is 0 Å². The lowest BCUT2D eigenvalue weighted by molar-refractivity contribution is -0.0500. The Kier molecular flexibility index (Phi) is 5.40. The highest BCUT2D eigenvalue weighted by Gasteiger charge is 2.48. The number of rotatable bonds is 4. The van der Waals surface area contributed by atoms with E-state index in [-0.39, 0.29) is 16.3 Å². The molecule has 0 saturated carbocycles. The summed E-state index contributed by atoms with van der Waals surface area (Å²) in [5, 5.41) is -0.00711. The van der Waals surface area contributed by atoms with Crippen LogP contribution in [0.4, 0.5) is 17.6 Å². The van der Waals surface area contributed by atoms with Gasteiger partial charge >= 0.3 is 15.6 Å². The normalized spacial score (nSPS) is 12.5. The molecule has 0 amide bonds. The van der Waals surface area contributed by atoms with Gasteiger partial charge in [-0.3, -0.25) is 9.36 Å². The van der Waals surface area contributed by atoms with E-state index in [1.165, 1.54) is 0 Å². The molecule has 0 N–H and O–H groups in total. The number of hydrogen-bond acceptors (Lipinski definition) is 4. The minimum atomic E-state index is -5.91. The number of nitrogens with zero attached hydrogens (tertiary/aromatic N) is 1. The summed E-state index contributed by atoms with van der Waals surface area (Å²) in [6.45, 7) is 4.99. The molecule has 0 aliphatic carbocycles. The summed E-state index contributed by atoms with van der Waals surface area (Å²) >= 11 is 0. The SMILES string of the molecule is Cc1ccccc1-n1c(F)c(C(C)C)c2cc(OS(=O)(=O)C(F)(F)F)ccc2c1=O. The molecule has 0 saturated heterocycles. The number of pyridine rings is 1. The van der Waals surface area contributed by atoms with E-state index < -0.39 is 38.8 Å². The largest absolute Gasteiger partial charge is 0.534 e. The van der Waals surface area contributed by atoms with Crippen LogP contribution in [0.25, 0.3) is 16.5 Å². The average Bonchev–Trinajstić information content (AvgIpc) is 2.61. The van der Waals surface area contributed by atoms with Crippen LogP contribution < -0.4 is 9.74 Å². The van der Waals surface area contributed by atoms with Gasteiger partial charge in [0.15, 0.2) is 0 Å². The molecule has 5 nitrogen and oxygen atoms in total. The van der Waals surface area contributed by atoms with Crippen LogP contribution >= 0.6 is 0 Å². The molecule has 0 aliphatic heterocycles. The number of aryl methyl sites for hydroxylation is 1. The predicted molar refractivity (Wildman–Crippen MR) is 104 cm³/mol. The Morgan fingerprint density at radius 2 is 1.67 bits per heavy atom. The van der Waals surface area contributed by atoms with E-state index in [0.717, 1.165) is 22.8 Å². The van der Waals surface area contributed by atoms with Crippen molar-refractivity contribution in [2.75, 3.05) is 0 Å². The van der Waals surface area contributed by atoms with Gasteiger partial charge < -0.3 is 4.18 Å². The second kappa shape index (κ2) is 7.42. The van der Waals surface area contributed by atoms with Gasteiger partial charge in [0.25, 0.3) is 5.56 Å². The van der Waals surface area contributed by atoms with Gasteiger partial charge in [-0.25, -0.2) is 0 Å². The van der Waals surface area contributed by atoms with Crippen LogP contribution in [0.5, 0.6) is 5.75 Å². The smallest absolute Gasteiger partial charge is 0.376 e. The molecule has 0 radical (unpaired) electrons. The summed E-state index contributed by atoms with van der Waals surface area (Å²) in [6.07, 6.45) is 0. The van der Waals surface area contributed by atoms with E-state index in [1.807, 2.05) is 0 Å². The first-order valence-corrected chi connectivity index (χ1v) is 10.2. The van der Waals surface area contributed by atoms with Gasteiger partial charge in [-0.05, 0) is 48.1 Å². The van der Waals surface area contributed by atoms with Crippen molar-refractivity contribution in [3.63, 3.8) is 0 Å². The highest BCUT2D eigenvalue weighted by atomic mass is 32.2. The van der Waals surface area contributed by atoms with E-state index in [2.05, 4.69) is 4.18 Å². The van der Waals surface area contributed by atoms with E-state index in [0.29, 0.717) is 11.3 Å². The molecule has 0 unspecified atom stereocenters. The van der Waals surface area contributed by atoms with Crippen molar-refractivity contribution in [3.8, 4) is 11.4 Å². The van der Waals surface area contributed by atoms with E-state index >= 15 is 4.39 Å². The molecule has 1 heterocycles. The van der Waals surface area contributed by atoms with Gasteiger partial charge in [-0.2, -0.15) is 26.0 Å². The Morgan fingerprint density at radius 3 is 2.23 bits per heavy atom. The highest BCUT2D eigenvalue weighted by molar-refractivity contribution is 7.88.